The number of ether oxygens (including phenoxy) is 2. The molecule has 5 nitrogen and oxygen atoms in total. The summed E-state index contributed by atoms with van der Waals surface area (Å²) in [5, 5.41) is 34.6. The first-order valence-electron chi connectivity index (χ1n) is 13.6. The van der Waals surface area contributed by atoms with Gasteiger partial charge in [0.1, 0.15) is 0 Å². The van der Waals surface area contributed by atoms with E-state index < -0.39 is 11.2 Å². The quantitative estimate of drug-likeness (QED) is 0.619. The highest BCUT2D eigenvalue weighted by Crippen LogP contribution is 2.82. The molecule has 0 aromatic carbocycles. The Morgan fingerprint density at radius 3 is 2.38 bits per heavy atom. The number of fused-ring (bicyclic) bond motifs is 10. The SMILES string of the molecule is C[C@]12CCC3C(C1[C@@H]1C[C@@H]1[C@@]2(O)CCC1OCCCO1)[C@H]1C[C@H]1[C@]1(O)C[C@@H](O)CC[C@]31C. The van der Waals surface area contributed by atoms with Crippen LogP contribution in [0.5, 0.6) is 0 Å². The van der Waals surface area contributed by atoms with Crippen LogP contribution < -0.4 is 0 Å². The predicted molar refractivity (Wildman–Crippen MR) is 118 cm³/mol. The molecule has 3 unspecified atom stereocenters. The summed E-state index contributed by atoms with van der Waals surface area (Å²) in [6, 6.07) is 0. The van der Waals surface area contributed by atoms with Crippen molar-refractivity contribution in [3.63, 3.8) is 0 Å². The topological polar surface area (TPSA) is 79.2 Å². The molecule has 6 saturated carbocycles. The molecule has 12 atom stereocenters. The molecule has 5 heteroatoms. The lowest BCUT2D eigenvalue weighted by atomic mass is 9.42. The highest BCUT2D eigenvalue weighted by Gasteiger charge is 2.81. The van der Waals surface area contributed by atoms with Gasteiger partial charge >= 0.3 is 0 Å². The summed E-state index contributed by atoms with van der Waals surface area (Å²) in [5.74, 6) is 3.84. The Bertz CT molecular complexity index is 797. The minimum absolute atomic E-state index is 0.0243. The number of rotatable bonds is 3. The van der Waals surface area contributed by atoms with Crippen molar-refractivity contribution < 1.29 is 24.8 Å². The molecule has 0 aromatic rings. The van der Waals surface area contributed by atoms with Crippen LogP contribution in [0.2, 0.25) is 0 Å². The molecule has 0 spiro atoms. The Morgan fingerprint density at radius 2 is 1.59 bits per heavy atom. The van der Waals surface area contributed by atoms with Gasteiger partial charge in [0, 0.05) is 12.8 Å². The molecule has 6 aliphatic carbocycles. The van der Waals surface area contributed by atoms with Gasteiger partial charge in [0.25, 0.3) is 0 Å². The van der Waals surface area contributed by atoms with Gasteiger partial charge in [0.2, 0.25) is 0 Å². The molecule has 1 aliphatic heterocycles. The van der Waals surface area contributed by atoms with Crippen LogP contribution in [-0.2, 0) is 9.47 Å². The standard InChI is InChI=1S/C27H42O5/c1-24-7-4-15(28)14-27(24,30)19-12-16(19)22-18(24)5-8-25(2)23(22)17-13-20(17)26(25,29)9-6-21-31-10-3-11-32-21/h15-23,28-30H,3-14H2,1-2H3/t15-,16-,17+,18?,19+,20-,22?,23?,24+,25-,26-,27+/m0/s1. The summed E-state index contributed by atoms with van der Waals surface area (Å²) in [6.45, 7) is 6.32. The molecule has 1 heterocycles. The van der Waals surface area contributed by atoms with Gasteiger partial charge in [-0.15, -0.1) is 0 Å². The Labute approximate surface area is 192 Å². The minimum atomic E-state index is -0.683. The summed E-state index contributed by atoms with van der Waals surface area (Å²) in [6.07, 6.45) is 8.95. The van der Waals surface area contributed by atoms with Crippen LogP contribution in [0.15, 0.2) is 0 Å². The molecule has 3 N–H and O–H groups in total. The summed E-state index contributed by atoms with van der Waals surface area (Å²) >= 11 is 0. The van der Waals surface area contributed by atoms with Gasteiger partial charge in [0.05, 0.1) is 30.5 Å². The molecule has 0 aromatic heterocycles. The lowest BCUT2D eigenvalue weighted by Gasteiger charge is -2.64. The van der Waals surface area contributed by atoms with Crippen molar-refractivity contribution in [1.29, 1.82) is 0 Å². The first-order valence-corrected chi connectivity index (χ1v) is 13.6. The average Bonchev–Trinajstić information content (AvgIpc) is 3.68. The van der Waals surface area contributed by atoms with Crippen LogP contribution in [0, 0.1) is 52.3 Å². The van der Waals surface area contributed by atoms with Gasteiger partial charge in [-0.3, -0.25) is 0 Å². The Morgan fingerprint density at radius 1 is 0.875 bits per heavy atom. The molecule has 0 amide bonds. The fourth-order valence-electron chi connectivity index (χ4n) is 10.8. The lowest BCUT2D eigenvalue weighted by molar-refractivity contribution is -0.240. The van der Waals surface area contributed by atoms with Gasteiger partial charge < -0.3 is 24.8 Å². The third-order valence-corrected chi connectivity index (χ3v) is 12.4. The first kappa shape index (κ1) is 21.1. The van der Waals surface area contributed by atoms with Crippen molar-refractivity contribution in [2.24, 2.45) is 52.3 Å². The highest BCUT2D eigenvalue weighted by atomic mass is 16.7. The zero-order chi connectivity index (χ0) is 22.1. The van der Waals surface area contributed by atoms with Crippen molar-refractivity contribution >= 4 is 0 Å². The maximum absolute atomic E-state index is 12.3. The van der Waals surface area contributed by atoms with E-state index in [-0.39, 0.29) is 23.2 Å². The molecule has 1 saturated heterocycles. The molecule has 7 fully saturated rings. The van der Waals surface area contributed by atoms with Crippen LogP contribution in [0.3, 0.4) is 0 Å². The summed E-state index contributed by atoms with van der Waals surface area (Å²) < 4.78 is 11.6. The molecule has 32 heavy (non-hydrogen) atoms. The molecule has 0 radical (unpaired) electrons. The van der Waals surface area contributed by atoms with Gasteiger partial charge in [-0.2, -0.15) is 0 Å². The summed E-state index contributed by atoms with van der Waals surface area (Å²) in [5.41, 5.74) is -1.38. The number of aliphatic hydroxyl groups excluding tert-OH is 1. The van der Waals surface area contributed by atoms with Gasteiger partial charge in [0.15, 0.2) is 6.29 Å². The maximum Gasteiger partial charge on any atom is 0.157 e. The smallest absolute Gasteiger partial charge is 0.157 e. The van der Waals surface area contributed by atoms with E-state index >= 15 is 0 Å². The second-order valence-corrected chi connectivity index (χ2v) is 13.4. The Kier molecular flexibility index (Phi) is 4.30. The zero-order valence-electron chi connectivity index (χ0n) is 19.8. The van der Waals surface area contributed by atoms with Crippen LogP contribution in [-0.4, -0.2) is 52.1 Å². The van der Waals surface area contributed by atoms with Gasteiger partial charge in [-0.05, 0) is 104 Å². The fourth-order valence-corrected chi connectivity index (χ4v) is 10.8. The van der Waals surface area contributed by atoms with E-state index in [0.717, 1.165) is 64.6 Å². The second kappa shape index (κ2) is 6.51. The van der Waals surface area contributed by atoms with Crippen LogP contribution in [0.25, 0.3) is 0 Å². The fraction of sp³-hybridized carbons (Fsp3) is 1.00. The van der Waals surface area contributed by atoms with E-state index in [1.165, 1.54) is 6.42 Å². The molecule has 0 bridgehead atoms. The molecule has 180 valence electrons. The van der Waals surface area contributed by atoms with Crippen LogP contribution >= 0.6 is 0 Å². The van der Waals surface area contributed by atoms with Crippen LogP contribution in [0.1, 0.15) is 78.1 Å². The highest BCUT2D eigenvalue weighted by molar-refractivity contribution is 5.29. The average molecular weight is 447 g/mol. The minimum Gasteiger partial charge on any atom is -0.393 e. The van der Waals surface area contributed by atoms with Crippen molar-refractivity contribution in [2.45, 2.75) is 102 Å². The monoisotopic (exact) mass is 446 g/mol. The maximum atomic E-state index is 12.3. The number of aliphatic hydroxyl groups is 3. The molecular weight excluding hydrogens is 404 g/mol. The molecule has 7 aliphatic rings. The number of hydrogen-bond donors (Lipinski definition) is 3. The third kappa shape index (κ3) is 2.43. The van der Waals surface area contributed by atoms with Crippen molar-refractivity contribution in [3.8, 4) is 0 Å². The Balaban J connectivity index is 1.19. The second-order valence-electron chi connectivity index (χ2n) is 13.4. The van der Waals surface area contributed by atoms with E-state index in [9.17, 15) is 15.3 Å². The molecular formula is C27H42O5. The normalized spacial score (nSPS) is 62.9. The summed E-state index contributed by atoms with van der Waals surface area (Å²) in [4.78, 5) is 0. The largest absolute Gasteiger partial charge is 0.393 e. The van der Waals surface area contributed by atoms with Crippen molar-refractivity contribution in [3.05, 3.63) is 0 Å². The van der Waals surface area contributed by atoms with E-state index in [4.69, 9.17) is 9.47 Å². The van der Waals surface area contributed by atoms with E-state index in [1.54, 1.807) is 0 Å². The van der Waals surface area contributed by atoms with E-state index in [1.807, 2.05) is 0 Å². The van der Waals surface area contributed by atoms with Crippen LogP contribution in [0.4, 0.5) is 0 Å². The van der Waals surface area contributed by atoms with Gasteiger partial charge in [-0.1, -0.05) is 13.8 Å². The van der Waals surface area contributed by atoms with E-state index in [0.29, 0.717) is 47.8 Å². The van der Waals surface area contributed by atoms with E-state index in [2.05, 4.69) is 13.8 Å². The first-order chi connectivity index (χ1) is 15.2. The number of hydrogen-bond acceptors (Lipinski definition) is 5. The van der Waals surface area contributed by atoms with Crippen molar-refractivity contribution in [1.82, 2.24) is 0 Å². The molecule has 7 rings (SSSR count). The predicted octanol–water partition coefficient (Wildman–Crippen LogP) is 3.49. The summed E-state index contributed by atoms with van der Waals surface area (Å²) in [7, 11) is 0. The third-order valence-electron chi connectivity index (χ3n) is 12.4. The van der Waals surface area contributed by atoms with Gasteiger partial charge in [-0.25, -0.2) is 0 Å². The Hall–Kier alpha value is -0.200. The lowest BCUT2D eigenvalue weighted by Crippen LogP contribution is -2.65. The zero-order valence-corrected chi connectivity index (χ0v) is 19.8. The van der Waals surface area contributed by atoms with Crippen molar-refractivity contribution in [2.75, 3.05) is 13.2 Å².